The first kappa shape index (κ1) is 11.6. The van der Waals surface area contributed by atoms with Crippen LogP contribution in [0.5, 0.6) is 0 Å². The number of benzene rings is 1. The number of nitrogens with one attached hydrogen (secondary N) is 1. The minimum absolute atomic E-state index is 0.0178. The van der Waals surface area contributed by atoms with E-state index in [4.69, 9.17) is 0 Å². The third-order valence-electron chi connectivity index (χ3n) is 2.99. The van der Waals surface area contributed by atoms with Crippen LogP contribution in [0.4, 0.5) is 5.82 Å². The summed E-state index contributed by atoms with van der Waals surface area (Å²) < 4.78 is 0. The predicted molar refractivity (Wildman–Crippen MR) is 74.4 cm³/mol. The molecule has 0 spiro atoms. The summed E-state index contributed by atoms with van der Waals surface area (Å²) in [6, 6.07) is 9.96. The molecule has 2 heterocycles. The van der Waals surface area contributed by atoms with Crippen LogP contribution in [0.25, 0.3) is 12.2 Å². The molecule has 4 heteroatoms. The maximum Gasteiger partial charge on any atom is 0.225 e. The summed E-state index contributed by atoms with van der Waals surface area (Å²) in [6.07, 6.45) is 6.80. The number of aromatic nitrogens is 2. The van der Waals surface area contributed by atoms with Crippen molar-refractivity contribution < 1.29 is 4.79 Å². The number of amides is 1. The van der Waals surface area contributed by atoms with Crippen LogP contribution >= 0.6 is 0 Å². The first-order valence-corrected chi connectivity index (χ1v) is 6.20. The lowest BCUT2D eigenvalue weighted by atomic mass is 10.1. The van der Waals surface area contributed by atoms with Gasteiger partial charge in [-0.25, -0.2) is 9.97 Å². The number of rotatable bonds is 2. The van der Waals surface area contributed by atoms with Crippen LogP contribution in [0.15, 0.2) is 36.5 Å². The van der Waals surface area contributed by atoms with E-state index in [1.54, 1.807) is 6.20 Å². The molecule has 1 aromatic heterocycles. The lowest BCUT2D eigenvalue weighted by molar-refractivity contribution is -0.116. The Morgan fingerprint density at radius 2 is 1.95 bits per heavy atom. The Hall–Kier alpha value is -2.49. The van der Waals surface area contributed by atoms with Gasteiger partial charge in [0.15, 0.2) is 5.82 Å². The summed E-state index contributed by atoms with van der Waals surface area (Å²) in [6.45, 7) is 0. The number of nitrogens with zero attached hydrogens (tertiary/aromatic N) is 2. The van der Waals surface area contributed by atoms with Crippen molar-refractivity contribution in [2.24, 2.45) is 0 Å². The molecule has 0 saturated carbocycles. The largest absolute Gasteiger partial charge is 0.310 e. The van der Waals surface area contributed by atoms with E-state index in [0.29, 0.717) is 24.5 Å². The van der Waals surface area contributed by atoms with Crippen LogP contribution in [-0.4, -0.2) is 15.9 Å². The summed E-state index contributed by atoms with van der Waals surface area (Å²) in [5.74, 6) is 1.26. The molecule has 0 radical (unpaired) electrons. The maximum absolute atomic E-state index is 11.3. The van der Waals surface area contributed by atoms with Crippen LogP contribution in [0.1, 0.15) is 23.4 Å². The number of carbonyl (C=O) groups excluding carboxylic acids is 1. The zero-order valence-corrected chi connectivity index (χ0v) is 10.3. The van der Waals surface area contributed by atoms with E-state index >= 15 is 0 Å². The van der Waals surface area contributed by atoms with Gasteiger partial charge >= 0.3 is 0 Å². The number of hydrogen-bond donors (Lipinski definition) is 1. The molecule has 0 atom stereocenters. The van der Waals surface area contributed by atoms with Crippen LogP contribution < -0.4 is 5.32 Å². The maximum atomic E-state index is 11.3. The second kappa shape index (κ2) is 5.02. The van der Waals surface area contributed by atoms with Gasteiger partial charge in [0.05, 0.1) is 0 Å². The lowest BCUT2D eigenvalue weighted by Gasteiger charge is -2.14. The van der Waals surface area contributed by atoms with E-state index < -0.39 is 0 Å². The Labute approximate surface area is 111 Å². The van der Waals surface area contributed by atoms with Crippen LogP contribution in [-0.2, 0) is 11.2 Å². The molecule has 1 N–H and O–H groups in total. The Bertz CT molecular complexity index is 635. The molecule has 0 saturated heterocycles. The highest BCUT2D eigenvalue weighted by Crippen LogP contribution is 2.19. The third-order valence-corrected chi connectivity index (χ3v) is 2.99. The minimum Gasteiger partial charge on any atom is -0.310 e. The molecule has 2 aromatic rings. The van der Waals surface area contributed by atoms with E-state index in [1.165, 1.54) is 0 Å². The lowest BCUT2D eigenvalue weighted by Crippen LogP contribution is -2.20. The van der Waals surface area contributed by atoms with Gasteiger partial charge in [-0.15, -0.1) is 0 Å². The summed E-state index contributed by atoms with van der Waals surface area (Å²) >= 11 is 0. The summed E-state index contributed by atoms with van der Waals surface area (Å²) in [5, 5.41) is 2.77. The fraction of sp³-hybridized carbons (Fsp3) is 0.133. The number of hydrogen-bond acceptors (Lipinski definition) is 3. The minimum atomic E-state index is 0.0178. The SMILES string of the molecule is O=C1CCc2cnc(C=Cc3ccccc3)nc2N1. The molecule has 1 aromatic carbocycles. The van der Waals surface area contributed by atoms with Crippen LogP contribution in [0.3, 0.4) is 0 Å². The van der Waals surface area contributed by atoms with E-state index in [1.807, 2.05) is 42.5 Å². The van der Waals surface area contributed by atoms with Crippen molar-refractivity contribution in [1.82, 2.24) is 9.97 Å². The first-order chi connectivity index (χ1) is 9.31. The van der Waals surface area contributed by atoms with Crippen molar-refractivity contribution in [2.45, 2.75) is 12.8 Å². The van der Waals surface area contributed by atoms with Gasteiger partial charge < -0.3 is 5.32 Å². The molecule has 94 valence electrons. The highest BCUT2D eigenvalue weighted by atomic mass is 16.1. The monoisotopic (exact) mass is 251 g/mol. The zero-order chi connectivity index (χ0) is 13.1. The van der Waals surface area contributed by atoms with E-state index in [-0.39, 0.29) is 5.91 Å². The van der Waals surface area contributed by atoms with Gasteiger partial charge in [-0.05, 0) is 18.1 Å². The Morgan fingerprint density at radius 3 is 2.79 bits per heavy atom. The van der Waals surface area contributed by atoms with Crippen molar-refractivity contribution >= 4 is 23.9 Å². The van der Waals surface area contributed by atoms with E-state index in [0.717, 1.165) is 11.1 Å². The second-order valence-electron chi connectivity index (χ2n) is 4.39. The molecule has 3 rings (SSSR count). The second-order valence-corrected chi connectivity index (χ2v) is 4.39. The molecule has 1 amide bonds. The zero-order valence-electron chi connectivity index (χ0n) is 10.3. The number of aryl methyl sites for hydroxylation is 1. The van der Waals surface area contributed by atoms with Gasteiger partial charge in [0.25, 0.3) is 0 Å². The molecule has 19 heavy (non-hydrogen) atoms. The van der Waals surface area contributed by atoms with Gasteiger partial charge in [-0.2, -0.15) is 0 Å². The van der Waals surface area contributed by atoms with Gasteiger partial charge in [-0.1, -0.05) is 36.4 Å². The quantitative estimate of drug-likeness (QED) is 0.892. The van der Waals surface area contributed by atoms with Crippen molar-refractivity contribution in [3.63, 3.8) is 0 Å². The summed E-state index contributed by atoms with van der Waals surface area (Å²) in [5.41, 5.74) is 2.09. The van der Waals surface area contributed by atoms with Gasteiger partial charge in [-0.3, -0.25) is 4.79 Å². The molecule has 1 aliphatic rings. The Kier molecular flexibility index (Phi) is 3.06. The van der Waals surface area contributed by atoms with Gasteiger partial charge in [0.1, 0.15) is 5.82 Å². The molecular formula is C15H13N3O. The van der Waals surface area contributed by atoms with E-state index in [9.17, 15) is 4.79 Å². The predicted octanol–water partition coefficient (Wildman–Crippen LogP) is 2.53. The van der Waals surface area contributed by atoms with Crippen molar-refractivity contribution in [1.29, 1.82) is 0 Å². The van der Waals surface area contributed by atoms with Gasteiger partial charge in [0.2, 0.25) is 5.91 Å². The van der Waals surface area contributed by atoms with Gasteiger partial charge in [0, 0.05) is 18.2 Å². The summed E-state index contributed by atoms with van der Waals surface area (Å²) in [4.78, 5) is 20.0. The number of carbonyl (C=O) groups is 1. The Balaban J connectivity index is 1.84. The molecular weight excluding hydrogens is 238 g/mol. The molecule has 0 bridgehead atoms. The van der Waals surface area contributed by atoms with Crippen LogP contribution in [0, 0.1) is 0 Å². The van der Waals surface area contributed by atoms with Crippen molar-refractivity contribution in [2.75, 3.05) is 5.32 Å². The first-order valence-electron chi connectivity index (χ1n) is 6.20. The van der Waals surface area contributed by atoms with Crippen molar-refractivity contribution in [3.8, 4) is 0 Å². The molecule has 0 aliphatic carbocycles. The van der Waals surface area contributed by atoms with Crippen molar-refractivity contribution in [3.05, 3.63) is 53.5 Å². The smallest absolute Gasteiger partial charge is 0.225 e. The number of fused-ring (bicyclic) bond motifs is 1. The average molecular weight is 251 g/mol. The number of anilines is 1. The fourth-order valence-corrected chi connectivity index (χ4v) is 1.97. The fourth-order valence-electron chi connectivity index (χ4n) is 1.97. The van der Waals surface area contributed by atoms with Crippen LogP contribution in [0.2, 0.25) is 0 Å². The molecule has 0 fully saturated rings. The average Bonchev–Trinajstić information content (AvgIpc) is 2.46. The van der Waals surface area contributed by atoms with E-state index in [2.05, 4.69) is 15.3 Å². The molecule has 4 nitrogen and oxygen atoms in total. The summed E-state index contributed by atoms with van der Waals surface area (Å²) in [7, 11) is 0. The third kappa shape index (κ3) is 2.68. The topological polar surface area (TPSA) is 54.9 Å². The Morgan fingerprint density at radius 1 is 1.11 bits per heavy atom. The highest BCUT2D eigenvalue weighted by molar-refractivity contribution is 5.92. The normalized spacial score (nSPS) is 14.2. The standard InChI is InChI=1S/C15H13N3O/c19-14-9-7-12-10-16-13(17-15(12)18-14)8-6-11-4-2-1-3-5-11/h1-6,8,10H,7,9H2,(H,16,17,18,19). The highest BCUT2D eigenvalue weighted by Gasteiger charge is 2.16. The molecule has 0 unspecified atom stereocenters. The molecule has 1 aliphatic heterocycles.